The van der Waals surface area contributed by atoms with Crippen molar-refractivity contribution in [2.24, 2.45) is 5.92 Å². The minimum atomic E-state index is 0.0389. The number of hydrogen-bond donors (Lipinski definition) is 0. The molecule has 0 aliphatic carbocycles. The maximum atomic E-state index is 12.5. The van der Waals surface area contributed by atoms with E-state index < -0.39 is 0 Å². The van der Waals surface area contributed by atoms with Crippen molar-refractivity contribution < 1.29 is 14.1 Å². The molecule has 150 valence electrons. The zero-order valence-corrected chi connectivity index (χ0v) is 16.2. The van der Waals surface area contributed by atoms with Gasteiger partial charge in [0.05, 0.1) is 5.56 Å². The highest BCUT2D eigenvalue weighted by molar-refractivity contribution is 5.77. The van der Waals surface area contributed by atoms with Crippen LogP contribution in [0.1, 0.15) is 25.1 Å². The van der Waals surface area contributed by atoms with Crippen LogP contribution in [0.4, 0.5) is 0 Å². The van der Waals surface area contributed by atoms with Crippen LogP contribution in [0.25, 0.3) is 11.5 Å². The number of piperidine rings is 1. The number of nitrogens with zero attached hydrogens (tertiary/aromatic N) is 4. The number of ether oxygens (including phenoxy) is 1. The van der Waals surface area contributed by atoms with Crippen LogP contribution in [0, 0.1) is 5.92 Å². The Morgan fingerprint density at radius 3 is 2.93 bits per heavy atom. The molecule has 1 aliphatic heterocycles. The van der Waals surface area contributed by atoms with E-state index in [1.165, 1.54) is 0 Å². The standard InChI is InChI=1S/C22H24N4O3/c27-21(16-28-19-8-2-1-3-9-19)26-13-5-6-17(15-26)10-11-20-24-22(29-25-20)18-7-4-12-23-14-18/h1-4,7-9,12,14,17H,5-6,10-11,13,15-16H2. The van der Waals surface area contributed by atoms with E-state index in [-0.39, 0.29) is 12.5 Å². The molecule has 1 fully saturated rings. The van der Waals surface area contributed by atoms with Crippen LogP contribution in [-0.4, -0.2) is 45.6 Å². The molecule has 3 heterocycles. The Morgan fingerprint density at radius 1 is 1.21 bits per heavy atom. The molecule has 29 heavy (non-hydrogen) atoms. The molecule has 3 aromatic rings. The van der Waals surface area contributed by atoms with E-state index in [1.54, 1.807) is 12.4 Å². The maximum Gasteiger partial charge on any atom is 0.260 e. The Kier molecular flexibility index (Phi) is 6.14. The second-order valence-electron chi connectivity index (χ2n) is 7.25. The van der Waals surface area contributed by atoms with Gasteiger partial charge >= 0.3 is 0 Å². The highest BCUT2D eigenvalue weighted by Crippen LogP contribution is 2.22. The van der Waals surface area contributed by atoms with Gasteiger partial charge < -0.3 is 14.2 Å². The lowest BCUT2D eigenvalue weighted by molar-refractivity contribution is -0.135. The molecule has 1 atom stereocenters. The lowest BCUT2D eigenvalue weighted by Gasteiger charge is -2.32. The van der Waals surface area contributed by atoms with Crippen LogP contribution in [0.5, 0.6) is 5.75 Å². The second kappa shape index (κ2) is 9.32. The third-order valence-corrected chi connectivity index (χ3v) is 5.13. The smallest absolute Gasteiger partial charge is 0.260 e. The van der Waals surface area contributed by atoms with Gasteiger partial charge in [0.25, 0.3) is 11.8 Å². The summed E-state index contributed by atoms with van der Waals surface area (Å²) < 4.78 is 10.9. The summed E-state index contributed by atoms with van der Waals surface area (Å²) in [6.07, 6.45) is 7.19. The van der Waals surface area contributed by atoms with E-state index in [4.69, 9.17) is 9.26 Å². The van der Waals surface area contributed by atoms with Gasteiger partial charge in [0.15, 0.2) is 12.4 Å². The summed E-state index contributed by atoms with van der Waals surface area (Å²) in [4.78, 5) is 23.0. The quantitative estimate of drug-likeness (QED) is 0.613. The molecular weight excluding hydrogens is 368 g/mol. The van der Waals surface area contributed by atoms with Crippen molar-refractivity contribution >= 4 is 5.91 Å². The average Bonchev–Trinajstić information content (AvgIpc) is 3.27. The molecule has 2 aromatic heterocycles. The number of para-hydroxylation sites is 1. The van der Waals surface area contributed by atoms with E-state index in [0.717, 1.165) is 50.1 Å². The van der Waals surface area contributed by atoms with E-state index in [9.17, 15) is 4.79 Å². The minimum absolute atomic E-state index is 0.0389. The Morgan fingerprint density at radius 2 is 2.10 bits per heavy atom. The molecule has 1 amide bonds. The summed E-state index contributed by atoms with van der Waals surface area (Å²) in [5, 5.41) is 4.08. The van der Waals surface area contributed by atoms with Crippen LogP contribution in [0.15, 0.2) is 59.4 Å². The van der Waals surface area contributed by atoms with E-state index >= 15 is 0 Å². The van der Waals surface area contributed by atoms with Gasteiger partial charge in [-0.15, -0.1) is 0 Å². The fourth-order valence-corrected chi connectivity index (χ4v) is 3.58. The molecule has 1 unspecified atom stereocenters. The van der Waals surface area contributed by atoms with Crippen molar-refractivity contribution in [3.05, 3.63) is 60.7 Å². The van der Waals surface area contributed by atoms with Gasteiger partial charge in [-0.3, -0.25) is 9.78 Å². The minimum Gasteiger partial charge on any atom is -0.484 e. The van der Waals surface area contributed by atoms with Crippen molar-refractivity contribution in [2.45, 2.75) is 25.7 Å². The van der Waals surface area contributed by atoms with Crippen molar-refractivity contribution in [3.8, 4) is 17.2 Å². The Labute approximate surface area is 169 Å². The third kappa shape index (κ3) is 5.19. The summed E-state index contributed by atoms with van der Waals surface area (Å²) in [6.45, 7) is 1.63. The number of pyridine rings is 1. The number of aromatic nitrogens is 3. The summed E-state index contributed by atoms with van der Waals surface area (Å²) in [5.74, 6) is 2.38. The highest BCUT2D eigenvalue weighted by atomic mass is 16.5. The second-order valence-corrected chi connectivity index (χ2v) is 7.25. The number of hydrogen-bond acceptors (Lipinski definition) is 6. The number of carbonyl (C=O) groups excluding carboxylic acids is 1. The first kappa shape index (κ1) is 19.1. The zero-order chi connectivity index (χ0) is 19.9. The number of aryl methyl sites for hydroxylation is 1. The number of amides is 1. The van der Waals surface area contributed by atoms with Crippen molar-refractivity contribution in [1.29, 1.82) is 0 Å². The third-order valence-electron chi connectivity index (χ3n) is 5.13. The molecule has 1 aromatic carbocycles. The lowest BCUT2D eigenvalue weighted by Crippen LogP contribution is -2.42. The van der Waals surface area contributed by atoms with Crippen LogP contribution in [0.3, 0.4) is 0 Å². The summed E-state index contributed by atoms with van der Waals surface area (Å²) in [7, 11) is 0. The molecule has 7 heteroatoms. The van der Waals surface area contributed by atoms with Crippen molar-refractivity contribution in [1.82, 2.24) is 20.0 Å². The molecule has 1 aliphatic rings. The molecule has 0 N–H and O–H groups in total. The lowest BCUT2D eigenvalue weighted by atomic mass is 9.93. The van der Waals surface area contributed by atoms with Crippen molar-refractivity contribution in [3.63, 3.8) is 0 Å². The molecule has 1 saturated heterocycles. The monoisotopic (exact) mass is 392 g/mol. The largest absolute Gasteiger partial charge is 0.484 e. The Hall–Kier alpha value is -3.22. The van der Waals surface area contributed by atoms with Gasteiger partial charge in [-0.25, -0.2) is 0 Å². The van der Waals surface area contributed by atoms with Crippen LogP contribution in [-0.2, 0) is 11.2 Å². The van der Waals surface area contributed by atoms with Gasteiger partial charge in [-0.05, 0) is 49.4 Å². The molecule has 0 saturated carbocycles. The first-order chi connectivity index (χ1) is 14.3. The van der Waals surface area contributed by atoms with Crippen LogP contribution >= 0.6 is 0 Å². The Balaban J connectivity index is 1.26. The van der Waals surface area contributed by atoms with E-state index in [0.29, 0.717) is 17.6 Å². The number of carbonyl (C=O) groups is 1. The maximum absolute atomic E-state index is 12.5. The van der Waals surface area contributed by atoms with E-state index in [2.05, 4.69) is 15.1 Å². The summed E-state index contributed by atoms with van der Waals surface area (Å²) in [5.41, 5.74) is 0.819. The number of benzene rings is 1. The van der Waals surface area contributed by atoms with Gasteiger partial charge in [0, 0.05) is 31.9 Å². The summed E-state index contributed by atoms with van der Waals surface area (Å²) in [6, 6.07) is 13.2. The SMILES string of the molecule is O=C(COc1ccccc1)N1CCCC(CCc2noc(-c3cccnc3)n2)C1. The molecule has 0 bridgehead atoms. The van der Waals surface area contributed by atoms with Gasteiger partial charge in [0.2, 0.25) is 0 Å². The van der Waals surface area contributed by atoms with Crippen molar-refractivity contribution in [2.75, 3.05) is 19.7 Å². The van der Waals surface area contributed by atoms with Gasteiger partial charge in [-0.1, -0.05) is 23.4 Å². The molecular formula is C22H24N4O3. The molecule has 0 spiro atoms. The number of rotatable bonds is 7. The Bertz CT molecular complexity index is 914. The predicted octanol–water partition coefficient (Wildman–Crippen LogP) is 3.38. The van der Waals surface area contributed by atoms with Crippen LogP contribution in [0.2, 0.25) is 0 Å². The van der Waals surface area contributed by atoms with Gasteiger partial charge in [-0.2, -0.15) is 4.98 Å². The fraction of sp³-hybridized carbons (Fsp3) is 0.364. The first-order valence-electron chi connectivity index (χ1n) is 9.96. The first-order valence-corrected chi connectivity index (χ1v) is 9.96. The molecule has 7 nitrogen and oxygen atoms in total. The normalized spacial score (nSPS) is 16.6. The predicted molar refractivity (Wildman–Crippen MR) is 107 cm³/mol. The molecule has 0 radical (unpaired) electrons. The number of likely N-dealkylation sites (tertiary alicyclic amines) is 1. The summed E-state index contributed by atoms with van der Waals surface area (Å²) >= 11 is 0. The highest BCUT2D eigenvalue weighted by Gasteiger charge is 2.24. The van der Waals surface area contributed by atoms with E-state index in [1.807, 2.05) is 47.4 Å². The van der Waals surface area contributed by atoms with Crippen LogP contribution < -0.4 is 4.74 Å². The zero-order valence-electron chi connectivity index (χ0n) is 16.2. The van der Waals surface area contributed by atoms with Gasteiger partial charge in [0.1, 0.15) is 5.75 Å². The topological polar surface area (TPSA) is 81.4 Å². The molecule has 4 rings (SSSR count). The fourth-order valence-electron chi connectivity index (χ4n) is 3.58. The average molecular weight is 392 g/mol.